The molecule has 22 heavy (non-hydrogen) atoms. The zero-order valence-electron chi connectivity index (χ0n) is 13.1. The molecule has 2 unspecified atom stereocenters. The smallest absolute Gasteiger partial charge is 0.227 e. The van der Waals surface area contributed by atoms with E-state index in [1.54, 1.807) is 7.11 Å². The van der Waals surface area contributed by atoms with Gasteiger partial charge in [-0.15, -0.1) is 0 Å². The fraction of sp³-hybridized carbons (Fsp3) is 0.588. The topological polar surface area (TPSA) is 41.6 Å². The second-order valence-electron chi connectivity index (χ2n) is 6.36. The molecule has 2 heterocycles. The van der Waals surface area contributed by atoms with Crippen LogP contribution in [0.3, 0.4) is 0 Å². The van der Waals surface area contributed by atoms with Crippen molar-refractivity contribution in [1.29, 1.82) is 0 Å². The highest BCUT2D eigenvalue weighted by Gasteiger charge is 2.48. The Morgan fingerprint density at radius 2 is 2.09 bits per heavy atom. The minimum absolute atomic E-state index is 0.0355. The van der Waals surface area contributed by atoms with E-state index in [0.717, 1.165) is 24.8 Å². The number of ether oxygens (including phenoxy) is 1. The summed E-state index contributed by atoms with van der Waals surface area (Å²) in [5.74, 6) is -0.163. The first kappa shape index (κ1) is 15.4. The van der Waals surface area contributed by atoms with Crippen molar-refractivity contribution in [2.45, 2.75) is 37.3 Å². The fourth-order valence-electron chi connectivity index (χ4n) is 4.14. The standard InChI is InChI=1S/C17H23FN2O2/c1-20-13-7-8-15(20)16(17(21)19-10-22-2)14(9-13)11-3-5-12(18)6-4-11/h3-6,13-16H,7-10H2,1-2H3,(H,19,21)/t13?,14-,15?,16-/m0/s1. The number of nitrogens with one attached hydrogen (secondary N) is 1. The molecule has 3 rings (SSSR count). The molecule has 0 radical (unpaired) electrons. The van der Waals surface area contributed by atoms with Crippen molar-refractivity contribution >= 4 is 5.91 Å². The molecular weight excluding hydrogens is 283 g/mol. The summed E-state index contributed by atoms with van der Waals surface area (Å²) in [5, 5.41) is 2.85. The predicted molar refractivity (Wildman–Crippen MR) is 81.8 cm³/mol. The maximum absolute atomic E-state index is 13.2. The van der Waals surface area contributed by atoms with E-state index >= 15 is 0 Å². The normalized spacial score (nSPS) is 31.2. The molecule has 1 aromatic carbocycles. The monoisotopic (exact) mass is 306 g/mol. The Kier molecular flexibility index (Phi) is 4.45. The Bertz CT molecular complexity index is 534. The Morgan fingerprint density at radius 3 is 2.77 bits per heavy atom. The molecular formula is C17H23FN2O2. The molecule has 120 valence electrons. The summed E-state index contributed by atoms with van der Waals surface area (Å²) < 4.78 is 18.2. The number of hydrogen-bond acceptors (Lipinski definition) is 3. The number of methoxy groups -OCH3 is 1. The molecule has 5 heteroatoms. The molecule has 2 saturated heterocycles. The van der Waals surface area contributed by atoms with Crippen LogP contribution in [0.1, 0.15) is 30.7 Å². The van der Waals surface area contributed by atoms with Crippen molar-refractivity contribution < 1.29 is 13.9 Å². The van der Waals surface area contributed by atoms with Gasteiger partial charge in [0.15, 0.2) is 0 Å². The number of hydrogen-bond donors (Lipinski definition) is 1. The molecule has 0 spiro atoms. The van der Waals surface area contributed by atoms with Gasteiger partial charge in [-0.3, -0.25) is 9.69 Å². The van der Waals surface area contributed by atoms with E-state index in [2.05, 4.69) is 17.3 Å². The van der Waals surface area contributed by atoms with Crippen LogP contribution in [0.5, 0.6) is 0 Å². The van der Waals surface area contributed by atoms with Gasteiger partial charge < -0.3 is 10.1 Å². The highest BCUT2D eigenvalue weighted by Crippen LogP contribution is 2.46. The molecule has 1 aromatic rings. The fourth-order valence-corrected chi connectivity index (χ4v) is 4.14. The number of carbonyl (C=O) groups is 1. The number of fused-ring (bicyclic) bond motifs is 2. The Morgan fingerprint density at radius 1 is 1.36 bits per heavy atom. The molecule has 1 N–H and O–H groups in total. The molecule has 2 bridgehead atoms. The van der Waals surface area contributed by atoms with Crippen LogP contribution in [0.25, 0.3) is 0 Å². The Balaban J connectivity index is 1.88. The zero-order valence-corrected chi connectivity index (χ0v) is 13.1. The van der Waals surface area contributed by atoms with E-state index in [1.165, 1.54) is 12.1 Å². The van der Waals surface area contributed by atoms with Gasteiger partial charge in [-0.25, -0.2) is 4.39 Å². The number of halogens is 1. The van der Waals surface area contributed by atoms with Gasteiger partial charge in [-0.05, 0) is 49.9 Å². The molecule has 0 saturated carbocycles. The van der Waals surface area contributed by atoms with E-state index in [9.17, 15) is 9.18 Å². The van der Waals surface area contributed by atoms with Crippen molar-refractivity contribution in [3.8, 4) is 0 Å². The molecule has 2 fully saturated rings. The summed E-state index contributed by atoms with van der Waals surface area (Å²) in [6, 6.07) is 7.39. The van der Waals surface area contributed by atoms with Gasteiger partial charge in [0.1, 0.15) is 12.5 Å². The molecule has 1 amide bonds. The SMILES string of the molecule is COCNC(=O)[C@@H]1C2CCC(C[C@H]1c1ccc(F)cc1)N2C. The van der Waals surface area contributed by atoms with Gasteiger partial charge in [0.05, 0.1) is 5.92 Å². The second kappa shape index (κ2) is 6.34. The quantitative estimate of drug-likeness (QED) is 0.866. The third kappa shape index (κ3) is 2.75. The predicted octanol–water partition coefficient (Wildman–Crippen LogP) is 2.11. The first-order valence-corrected chi connectivity index (χ1v) is 7.86. The van der Waals surface area contributed by atoms with Crippen molar-refractivity contribution in [3.63, 3.8) is 0 Å². The first-order chi connectivity index (χ1) is 10.6. The lowest BCUT2D eigenvalue weighted by Gasteiger charge is -2.42. The van der Waals surface area contributed by atoms with Crippen LogP contribution in [0, 0.1) is 11.7 Å². The number of nitrogens with zero attached hydrogens (tertiary/aromatic N) is 1. The summed E-state index contributed by atoms with van der Waals surface area (Å²) in [6.07, 6.45) is 3.13. The number of benzene rings is 1. The van der Waals surface area contributed by atoms with Crippen LogP contribution in [-0.2, 0) is 9.53 Å². The maximum atomic E-state index is 13.2. The lowest BCUT2D eigenvalue weighted by atomic mass is 9.75. The number of amides is 1. The molecule has 2 aliphatic rings. The van der Waals surface area contributed by atoms with Crippen LogP contribution >= 0.6 is 0 Å². The third-order valence-electron chi connectivity index (χ3n) is 5.26. The van der Waals surface area contributed by atoms with Crippen LogP contribution in [0.15, 0.2) is 24.3 Å². The molecule has 0 aromatic heterocycles. The van der Waals surface area contributed by atoms with Crippen molar-refractivity contribution in [2.24, 2.45) is 5.92 Å². The zero-order chi connectivity index (χ0) is 15.7. The minimum Gasteiger partial charge on any atom is -0.364 e. The van der Waals surface area contributed by atoms with Gasteiger partial charge >= 0.3 is 0 Å². The number of carbonyl (C=O) groups excluding carboxylic acids is 1. The summed E-state index contributed by atoms with van der Waals surface area (Å²) in [6.45, 7) is 0.228. The van der Waals surface area contributed by atoms with Crippen LogP contribution in [0.2, 0.25) is 0 Å². The number of rotatable bonds is 4. The summed E-state index contributed by atoms with van der Waals surface area (Å²) in [4.78, 5) is 15.0. The molecule has 4 atom stereocenters. The minimum atomic E-state index is -0.236. The van der Waals surface area contributed by atoms with E-state index in [1.807, 2.05) is 12.1 Å². The van der Waals surface area contributed by atoms with Gasteiger partial charge in [0.2, 0.25) is 5.91 Å². The van der Waals surface area contributed by atoms with Crippen molar-refractivity contribution in [2.75, 3.05) is 20.9 Å². The average Bonchev–Trinajstić information content (AvgIpc) is 2.75. The van der Waals surface area contributed by atoms with Crippen LogP contribution in [0.4, 0.5) is 4.39 Å². The van der Waals surface area contributed by atoms with E-state index in [-0.39, 0.29) is 36.3 Å². The van der Waals surface area contributed by atoms with Crippen LogP contribution < -0.4 is 5.32 Å². The van der Waals surface area contributed by atoms with Gasteiger partial charge in [-0.2, -0.15) is 0 Å². The Hall–Kier alpha value is -1.46. The lowest BCUT2D eigenvalue weighted by Crippen LogP contribution is -2.51. The van der Waals surface area contributed by atoms with Gasteiger partial charge in [0, 0.05) is 19.2 Å². The van der Waals surface area contributed by atoms with Gasteiger partial charge in [-0.1, -0.05) is 12.1 Å². The molecule has 0 aliphatic carbocycles. The van der Waals surface area contributed by atoms with Gasteiger partial charge in [0.25, 0.3) is 0 Å². The number of piperidine rings is 1. The second-order valence-corrected chi connectivity index (χ2v) is 6.36. The Labute approximate surface area is 130 Å². The largest absolute Gasteiger partial charge is 0.364 e. The van der Waals surface area contributed by atoms with E-state index in [4.69, 9.17) is 4.74 Å². The summed E-state index contributed by atoms with van der Waals surface area (Å²) in [7, 11) is 3.68. The van der Waals surface area contributed by atoms with E-state index < -0.39 is 0 Å². The maximum Gasteiger partial charge on any atom is 0.227 e. The van der Waals surface area contributed by atoms with Crippen molar-refractivity contribution in [3.05, 3.63) is 35.6 Å². The first-order valence-electron chi connectivity index (χ1n) is 7.86. The third-order valence-corrected chi connectivity index (χ3v) is 5.26. The van der Waals surface area contributed by atoms with E-state index in [0.29, 0.717) is 6.04 Å². The summed E-state index contributed by atoms with van der Waals surface area (Å²) in [5.41, 5.74) is 1.06. The van der Waals surface area contributed by atoms with Crippen LogP contribution in [-0.4, -0.2) is 43.8 Å². The summed E-state index contributed by atoms with van der Waals surface area (Å²) >= 11 is 0. The molecule has 4 nitrogen and oxygen atoms in total. The highest BCUT2D eigenvalue weighted by molar-refractivity contribution is 5.80. The highest BCUT2D eigenvalue weighted by atomic mass is 19.1. The van der Waals surface area contributed by atoms with Crippen molar-refractivity contribution in [1.82, 2.24) is 10.2 Å². The average molecular weight is 306 g/mol. The lowest BCUT2D eigenvalue weighted by molar-refractivity contribution is -0.130. The molecule has 2 aliphatic heterocycles.